The number of benzene rings is 2. The molecule has 2 aromatic carbocycles. The maximum Gasteiger partial charge on any atom is 0.0933 e. The molecule has 0 aliphatic heterocycles. The third-order valence-corrected chi connectivity index (χ3v) is 3.43. The average Bonchev–Trinajstić information content (AvgIpc) is 2.47. The summed E-state index contributed by atoms with van der Waals surface area (Å²) in [7, 11) is 0. The van der Waals surface area contributed by atoms with E-state index < -0.39 is 6.10 Å². The van der Waals surface area contributed by atoms with Crippen molar-refractivity contribution in [1.29, 1.82) is 0 Å². The van der Waals surface area contributed by atoms with E-state index in [4.69, 9.17) is 0 Å². The second-order valence-corrected chi connectivity index (χ2v) is 5.02. The molecule has 0 aliphatic rings. The van der Waals surface area contributed by atoms with Crippen LogP contribution >= 0.6 is 0 Å². The first-order chi connectivity index (χ1) is 9.34. The van der Waals surface area contributed by atoms with Crippen LogP contribution in [0.5, 0.6) is 0 Å². The number of rotatable bonds is 7. The van der Waals surface area contributed by atoms with Gasteiger partial charge >= 0.3 is 0 Å². The Bertz CT molecular complexity index is 450. The number of hydrogen-bond donors (Lipinski definition) is 0. The van der Waals surface area contributed by atoms with Crippen LogP contribution in [0.4, 0.5) is 0 Å². The zero-order chi connectivity index (χ0) is 13.3. The molecule has 19 heavy (non-hydrogen) atoms. The van der Waals surface area contributed by atoms with Gasteiger partial charge in [0.2, 0.25) is 0 Å². The van der Waals surface area contributed by atoms with Crippen molar-refractivity contribution in [2.45, 2.75) is 38.2 Å². The lowest BCUT2D eigenvalue weighted by atomic mass is 10.0. The van der Waals surface area contributed by atoms with Gasteiger partial charge in [-0.25, -0.2) is 5.11 Å². The maximum absolute atomic E-state index is 11.9. The van der Waals surface area contributed by atoms with Gasteiger partial charge in [-0.05, 0) is 43.2 Å². The van der Waals surface area contributed by atoms with Gasteiger partial charge in [-0.3, -0.25) is 0 Å². The summed E-state index contributed by atoms with van der Waals surface area (Å²) in [4.78, 5) is 0. The molecule has 99 valence electrons. The van der Waals surface area contributed by atoms with Gasteiger partial charge in [-0.1, -0.05) is 60.7 Å². The molecule has 0 saturated carbocycles. The van der Waals surface area contributed by atoms with Gasteiger partial charge in [-0.2, -0.15) is 0 Å². The number of aryl methyl sites for hydroxylation is 2. The predicted octanol–water partition coefficient (Wildman–Crippen LogP) is 4.44. The first-order valence-corrected chi connectivity index (χ1v) is 7.08. The van der Waals surface area contributed by atoms with Crippen molar-refractivity contribution in [1.82, 2.24) is 0 Å². The summed E-state index contributed by atoms with van der Waals surface area (Å²) in [6.45, 7) is 0. The Morgan fingerprint density at radius 1 is 0.684 bits per heavy atom. The Kier molecular flexibility index (Phi) is 5.64. The van der Waals surface area contributed by atoms with Crippen LogP contribution in [0.3, 0.4) is 0 Å². The van der Waals surface area contributed by atoms with Crippen LogP contribution in [0.15, 0.2) is 60.7 Å². The summed E-state index contributed by atoms with van der Waals surface area (Å²) < 4.78 is 0. The van der Waals surface area contributed by atoms with E-state index in [0.29, 0.717) is 0 Å². The summed E-state index contributed by atoms with van der Waals surface area (Å²) in [5.41, 5.74) is 2.60. The van der Waals surface area contributed by atoms with Crippen LogP contribution < -0.4 is 0 Å². The first kappa shape index (κ1) is 13.8. The zero-order valence-corrected chi connectivity index (χ0v) is 11.3. The molecule has 0 heterocycles. The van der Waals surface area contributed by atoms with Crippen LogP contribution in [-0.4, -0.2) is 6.10 Å². The molecule has 0 bridgehead atoms. The molecular formula is C18H21O. The van der Waals surface area contributed by atoms with Gasteiger partial charge in [0.25, 0.3) is 0 Å². The summed E-state index contributed by atoms with van der Waals surface area (Å²) in [6.07, 6.45) is 4.02. The van der Waals surface area contributed by atoms with Crippen molar-refractivity contribution in [2.24, 2.45) is 0 Å². The second-order valence-electron chi connectivity index (χ2n) is 5.02. The molecule has 1 atom stereocenters. The molecule has 2 aromatic rings. The van der Waals surface area contributed by atoms with Gasteiger partial charge in [0.15, 0.2) is 0 Å². The van der Waals surface area contributed by atoms with Crippen molar-refractivity contribution in [3.63, 3.8) is 0 Å². The lowest BCUT2D eigenvalue weighted by molar-refractivity contribution is 0.0723. The molecule has 0 saturated heterocycles. The van der Waals surface area contributed by atoms with E-state index in [-0.39, 0.29) is 0 Å². The van der Waals surface area contributed by atoms with Crippen molar-refractivity contribution in [3.05, 3.63) is 71.8 Å². The van der Waals surface area contributed by atoms with Crippen LogP contribution in [0, 0.1) is 0 Å². The minimum absolute atomic E-state index is 0.427. The maximum atomic E-state index is 11.9. The molecular weight excluding hydrogens is 232 g/mol. The Hall–Kier alpha value is -1.60. The Morgan fingerprint density at radius 2 is 1.21 bits per heavy atom. The molecule has 0 N–H and O–H groups in total. The molecule has 0 aromatic heterocycles. The Morgan fingerprint density at radius 3 is 1.79 bits per heavy atom. The minimum Gasteiger partial charge on any atom is -0.233 e. The van der Waals surface area contributed by atoms with Crippen LogP contribution in [0.2, 0.25) is 0 Å². The van der Waals surface area contributed by atoms with Gasteiger partial charge in [0.05, 0.1) is 6.10 Å². The van der Waals surface area contributed by atoms with Crippen LogP contribution in [0.25, 0.3) is 0 Å². The fourth-order valence-corrected chi connectivity index (χ4v) is 2.30. The smallest absolute Gasteiger partial charge is 0.0933 e. The van der Waals surface area contributed by atoms with Crippen molar-refractivity contribution < 1.29 is 5.11 Å². The fraction of sp³-hybridized carbons (Fsp3) is 0.333. The number of hydrogen-bond acceptors (Lipinski definition) is 0. The highest BCUT2D eigenvalue weighted by Crippen LogP contribution is 2.11. The fourth-order valence-electron chi connectivity index (χ4n) is 2.30. The van der Waals surface area contributed by atoms with Crippen LogP contribution in [0.1, 0.15) is 30.4 Å². The Labute approximate surface area is 115 Å². The summed E-state index contributed by atoms with van der Waals surface area (Å²) >= 11 is 0. The van der Waals surface area contributed by atoms with E-state index in [1.54, 1.807) is 0 Å². The molecule has 1 nitrogen and oxygen atoms in total. The molecule has 1 heteroatoms. The summed E-state index contributed by atoms with van der Waals surface area (Å²) in [5.74, 6) is 0. The van der Waals surface area contributed by atoms with Crippen molar-refractivity contribution in [2.75, 3.05) is 0 Å². The van der Waals surface area contributed by atoms with Gasteiger partial charge in [0, 0.05) is 0 Å². The van der Waals surface area contributed by atoms with Gasteiger partial charge < -0.3 is 0 Å². The molecule has 2 rings (SSSR count). The predicted molar refractivity (Wildman–Crippen MR) is 78.6 cm³/mol. The molecule has 1 radical (unpaired) electrons. The summed E-state index contributed by atoms with van der Waals surface area (Å²) in [5, 5.41) is 11.9. The van der Waals surface area contributed by atoms with E-state index in [1.807, 2.05) is 24.3 Å². The average molecular weight is 253 g/mol. The molecule has 0 spiro atoms. The lowest BCUT2D eigenvalue weighted by Gasteiger charge is -2.08. The highest BCUT2D eigenvalue weighted by atomic mass is 16.3. The normalized spacial score (nSPS) is 12.3. The standard InChI is InChI=1S/C18H21O/c19-18(15-14-17-10-5-2-6-11-17)13-7-12-16-8-3-1-4-9-16/h1-6,8-11,18H,7,12-15H2. The van der Waals surface area contributed by atoms with E-state index >= 15 is 0 Å². The van der Waals surface area contributed by atoms with Gasteiger partial charge in [0.1, 0.15) is 0 Å². The third kappa shape index (κ3) is 5.27. The van der Waals surface area contributed by atoms with E-state index in [1.165, 1.54) is 11.1 Å². The van der Waals surface area contributed by atoms with E-state index in [0.717, 1.165) is 32.1 Å². The molecule has 0 fully saturated rings. The zero-order valence-electron chi connectivity index (χ0n) is 11.3. The Balaban J connectivity index is 1.64. The topological polar surface area (TPSA) is 19.9 Å². The SMILES string of the molecule is [O]C(CCCc1ccccc1)CCc1ccccc1. The lowest BCUT2D eigenvalue weighted by Crippen LogP contribution is -2.06. The second kappa shape index (κ2) is 7.75. The van der Waals surface area contributed by atoms with Crippen molar-refractivity contribution >= 4 is 0 Å². The highest BCUT2D eigenvalue weighted by Gasteiger charge is 2.06. The minimum atomic E-state index is -0.427. The summed E-state index contributed by atoms with van der Waals surface area (Å²) in [6, 6.07) is 20.7. The third-order valence-electron chi connectivity index (χ3n) is 3.43. The first-order valence-electron chi connectivity index (χ1n) is 7.08. The van der Waals surface area contributed by atoms with E-state index in [9.17, 15) is 5.11 Å². The highest BCUT2D eigenvalue weighted by molar-refractivity contribution is 5.15. The quantitative estimate of drug-likeness (QED) is 0.695. The largest absolute Gasteiger partial charge is 0.233 e. The molecule has 1 unspecified atom stereocenters. The molecule has 0 aliphatic carbocycles. The molecule has 0 amide bonds. The van der Waals surface area contributed by atoms with E-state index in [2.05, 4.69) is 36.4 Å². The monoisotopic (exact) mass is 253 g/mol. The van der Waals surface area contributed by atoms with Crippen molar-refractivity contribution in [3.8, 4) is 0 Å². The van der Waals surface area contributed by atoms with Gasteiger partial charge in [-0.15, -0.1) is 0 Å². The van der Waals surface area contributed by atoms with Crippen LogP contribution in [-0.2, 0) is 17.9 Å².